The van der Waals surface area contributed by atoms with Crippen LogP contribution in [0.4, 0.5) is 0 Å². The molecule has 0 aliphatic heterocycles. The molecule has 1 fully saturated rings. The van der Waals surface area contributed by atoms with Crippen LogP contribution in [0.2, 0.25) is 0 Å². The molecule has 96 valence electrons. The first-order valence-electron chi connectivity index (χ1n) is 5.78. The Hall–Kier alpha value is -0.430. The molecule has 0 amide bonds. The molecule has 1 aromatic heterocycles. The summed E-state index contributed by atoms with van der Waals surface area (Å²) in [5, 5.41) is 13.2. The van der Waals surface area contributed by atoms with E-state index in [0.717, 1.165) is 31.2 Å². The topological polar surface area (TPSA) is 66.4 Å². The van der Waals surface area contributed by atoms with Gasteiger partial charge in [0.25, 0.3) is 0 Å². The average Bonchev–Trinajstić information content (AvgIpc) is 2.97. The lowest BCUT2D eigenvalue weighted by Crippen LogP contribution is -2.35. The third-order valence-electron chi connectivity index (χ3n) is 3.15. The molecule has 0 aromatic carbocycles. The van der Waals surface area contributed by atoms with Gasteiger partial charge in [-0.25, -0.2) is 13.1 Å². The molecule has 0 saturated heterocycles. The van der Waals surface area contributed by atoms with Gasteiger partial charge in [-0.05, 0) is 35.2 Å². The Morgan fingerprint density at radius 3 is 2.76 bits per heavy atom. The Balaban J connectivity index is 1.89. The number of nitrogens with one attached hydrogen (secondary N) is 1. The molecular formula is C11H17NO3S2. The first-order chi connectivity index (χ1) is 8.09. The zero-order valence-electron chi connectivity index (χ0n) is 9.50. The lowest BCUT2D eigenvalue weighted by Gasteiger charge is -2.14. The Morgan fingerprint density at radius 2 is 2.18 bits per heavy atom. The van der Waals surface area contributed by atoms with Gasteiger partial charge in [0.2, 0.25) is 10.0 Å². The SMILES string of the molecule is O=S(=O)(NCC(O)c1ccsc1)C1CCCC1. The van der Waals surface area contributed by atoms with Gasteiger partial charge in [-0.3, -0.25) is 0 Å². The molecule has 1 unspecified atom stereocenters. The van der Waals surface area contributed by atoms with Crippen molar-refractivity contribution in [3.63, 3.8) is 0 Å². The molecule has 1 saturated carbocycles. The van der Waals surface area contributed by atoms with Gasteiger partial charge in [0.15, 0.2) is 0 Å². The summed E-state index contributed by atoms with van der Waals surface area (Å²) in [6, 6.07) is 1.80. The van der Waals surface area contributed by atoms with Crippen molar-refractivity contribution in [3.05, 3.63) is 22.4 Å². The van der Waals surface area contributed by atoms with E-state index in [9.17, 15) is 13.5 Å². The van der Waals surface area contributed by atoms with Gasteiger partial charge in [0.05, 0.1) is 11.4 Å². The molecule has 1 atom stereocenters. The Bertz CT molecular complexity index is 435. The second kappa shape index (κ2) is 5.48. The van der Waals surface area contributed by atoms with E-state index in [2.05, 4.69) is 4.72 Å². The highest BCUT2D eigenvalue weighted by atomic mass is 32.2. The molecule has 2 rings (SSSR count). The molecule has 0 spiro atoms. The van der Waals surface area contributed by atoms with Crippen molar-refractivity contribution in [1.82, 2.24) is 4.72 Å². The van der Waals surface area contributed by atoms with E-state index in [1.807, 2.05) is 10.8 Å². The second-order valence-corrected chi connectivity index (χ2v) is 7.20. The highest BCUT2D eigenvalue weighted by Crippen LogP contribution is 2.24. The third kappa shape index (κ3) is 3.28. The molecule has 17 heavy (non-hydrogen) atoms. The summed E-state index contributed by atoms with van der Waals surface area (Å²) in [6.07, 6.45) is 2.70. The van der Waals surface area contributed by atoms with Crippen LogP contribution in [0.15, 0.2) is 16.8 Å². The van der Waals surface area contributed by atoms with Crippen LogP contribution >= 0.6 is 11.3 Å². The predicted octanol–water partition coefficient (Wildman–Crippen LogP) is 1.64. The van der Waals surface area contributed by atoms with E-state index in [-0.39, 0.29) is 11.8 Å². The second-order valence-electron chi connectivity index (χ2n) is 4.37. The standard InChI is InChI=1S/C11H17NO3S2/c13-11(9-5-6-16-8-9)7-12-17(14,15)10-3-1-2-4-10/h5-6,8,10-13H,1-4,7H2. The maximum Gasteiger partial charge on any atom is 0.214 e. The minimum absolute atomic E-state index is 0.0650. The minimum Gasteiger partial charge on any atom is -0.387 e. The molecule has 6 heteroatoms. The molecule has 1 aliphatic rings. The fourth-order valence-corrected chi connectivity index (χ4v) is 4.38. The molecule has 0 radical (unpaired) electrons. The zero-order valence-corrected chi connectivity index (χ0v) is 11.1. The van der Waals surface area contributed by atoms with Gasteiger partial charge in [0.1, 0.15) is 0 Å². The predicted molar refractivity (Wildman–Crippen MR) is 68.5 cm³/mol. The zero-order chi connectivity index (χ0) is 12.3. The van der Waals surface area contributed by atoms with Crippen LogP contribution < -0.4 is 4.72 Å². The molecule has 1 aliphatic carbocycles. The monoisotopic (exact) mass is 275 g/mol. The van der Waals surface area contributed by atoms with Crippen LogP contribution in [0.5, 0.6) is 0 Å². The van der Waals surface area contributed by atoms with Crippen molar-refractivity contribution < 1.29 is 13.5 Å². The summed E-state index contributed by atoms with van der Waals surface area (Å²) in [5.41, 5.74) is 0.768. The molecular weight excluding hydrogens is 258 g/mol. The number of hydrogen-bond donors (Lipinski definition) is 2. The van der Waals surface area contributed by atoms with Crippen LogP contribution in [-0.2, 0) is 10.0 Å². The average molecular weight is 275 g/mol. The number of sulfonamides is 1. The number of rotatable bonds is 5. The number of hydrogen-bond acceptors (Lipinski definition) is 4. The van der Waals surface area contributed by atoms with Gasteiger partial charge in [-0.2, -0.15) is 11.3 Å². The summed E-state index contributed by atoms with van der Waals surface area (Å²) in [7, 11) is -3.25. The lowest BCUT2D eigenvalue weighted by molar-refractivity contribution is 0.182. The molecule has 1 heterocycles. The maximum absolute atomic E-state index is 11.9. The van der Waals surface area contributed by atoms with E-state index in [4.69, 9.17) is 0 Å². The maximum atomic E-state index is 11.9. The van der Waals surface area contributed by atoms with Gasteiger partial charge in [-0.1, -0.05) is 12.8 Å². The van der Waals surface area contributed by atoms with Crippen LogP contribution in [0.25, 0.3) is 0 Å². The number of aliphatic hydroxyl groups excluding tert-OH is 1. The van der Waals surface area contributed by atoms with Gasteiger partial charge in [0, 0.05) is 6.54 Å². The molecule has 1 aromatic rings. The fourth-order valence-electron chi connectivity index (χ4n) is 2.09. The van der Waals surface area contributed by atoms with Crippen LogP contribution in [0, 0.1) is 0 Å². The Labute approximate surface area is 106 Å². The van der Waals surface area contributed by atoms with Crippen LogP contribution in [0.3, 0.4) is 0 Å². The van der Waals surface area contributed by atoms with Crippen molar-refractivity contribution in [2.45, 2.75) is 37.0 Å². The summed E-state index contributed by atoms with van der Waals surface area (Å²) < 4.78 is 26.3. The van der Waals surface area contributed by atoms with E-state index >= 15 is 0 Å². The van der Waals surface area contributed by atoms with Gasteiger partial charge < -0.3 is 5.11 Å². The molecule has 2 N–H and O–H groups in total. The highest BCUT2D eigenvalue weighted by molar-refractivity contribution is 7.90. The molecule has 4 nitrogen and oxygen atoms in total. The van der Waals surface area contributed by atoms with Crippen LogP contribution in [-0.4, -0.2) is 25.3 Å². The molecule has 0 bridgehead atoms. The Morgan fingerprint density at radius 1 is 1.47 bits per heavy atom. The van der Waals surface area contributed by atoms with Crippen molar-refractivity contribution >= 4 is 21.4 Å². The summed E-state index contributed by atoms with van der Waals surface area (Å²) in [5.74, 6) is 0. The third-order valence-corrected chi connectivity index (χ3v) is 5.77. The first kappa shape index (κ1) is 13.0. The van der Waals surface area contributed by atoms with E-state index in [0.29, 0.717) is 0 Å². The quantitative estimate of drug-likeness (QED) is 0.858. The normalized spacial score (nSPS) is 19.6. The fraction of sp³-hybridized carbons (Fsp3) is 0.636. The lowest BCUT2D eigenvalue weighted by atomic mass is 10.2. The van der Waals surface area contributed by atoms with Crippen LogP contribution in [0.1, 0.15) is 37.4 Å². The van der Waals surface area contributed by atoms with E-state index < -0.39 is 16.1 Å². The smallest absolute Gasteiger partial charge is 0.214 e. The summed E-state index contributed by atoms with van der Waals surface area (Å²) in [4.78, 5) is 0. The van der Waals surface area contributed by atoms with E-state index in [1.54, 1.807) is 6.07 Å². The largest absolute Gasteiger partial charge is 0.387 e. The first-order valence-corrected chi connectivity index (χ1v) is 8.27. The van der Waals surface area contributed by atoms with Crippen molar-refractivity contribution in [1.29, 1.82) is 0 Å². The van der Waals surface area contributed by atoms with E-state index in [1.165, 1.54) is 11.3 Å². The van der Waals surface area contributed by atoms with Crippen molar-refractivity contribution in [3.8, 4) is 0 Å². The summed E-state index contributed by atoms with van der Waals surface area (Å²) >= 11 is 1.49. The highest BCUT2D eigenvalue weighted by Gasteiger charge is 2.28. The van der Waals surface area contributed by atoms with Crippen molar-refractivity contribution in [2.24, 2.45) is 0 Å². The number of aliphatic hydroxyl groups is 1. The summed E-state index contributed by atoms with van der Waals surface area (Å²) in [6.45, 7) is 0.0650. The van der Waals surface area contributed by atoms with Gasteiger partial charge >= 0.3 is 0 Å². The number of thiophene rings is 1. The Kier molecular flexibility index (Phi) is 4.19. The minimum atomic E-state index is -3.25. The van der Waals surface area contributed by atoms with Crippen molar-refractivity contribution in [2.75, 3.05) is 6.54 Å². The van der Waals surface area contributed by atoms with Gasteiger partial charge in [-0.15, -0.1) is 0 Å².